The van der Waals surface area contributed by atoms with Crippen molar-refractivity contribution in [3.05, 3.63) is 11.6 Å². The number of ether oxygens (including phenoxy) is 4. The first-order chi connectivity index (χ1) is 18.9. The molecule has 0 aromatic carbocycles. The molecule has 0 radical (unpaired) electrons. The molecule has 1 saturated heterocycles. The van der Waals surface area contributed by atoms with E-state index in [0.29, 0.717) is 38.5 Å². The highest BCUT2D eigenvalue weighted by atomic mass is 16.7. The largest absolute Gasteiger partial charge is 0.458 e. The zero-order valence-corrected chi connectivity index (χ0v) is 23.8. The lowest BCUT2D eigenvalue weighted by atomic mass is 9.42. The molecule has 40 heavy (non-hydrogen) atoms. The maximum atomic E-state index is 14.1. The van der Waals surface area contributed by atoms with Crippen LogP contribution in [0.4, 0.5) is 0 Å². The monoisotopic (exact) mass is 564 g/mol. The number of carbonyl (C=O) groups excluding carboxylic acids is 2. The Kier molecular flexibility index (Phi) is 7.05. The number of hydrogen-bond acceptors (Lipinski definition) is 10. The Morgan fingerprint density at radius 2 is 1.77 bits per heavy atom. The van der Waals surface area contributed by atoms with Gasteiger partial charge >= 0.3 is 5.97 Å². The van der Waals surface area contributed by atoms with Crippen LogP contribution in [0.25, 0.3) is 0 Å². The summed E-state index contributed by atoms with van der Waals surface area (Å²) in [5.74, 6) is -1.51. The van der Waals surface area contributed by atoms with Crippen LogP contribution in [-0.4, -0.2) is 94.4 Å². The lowest BCUT2D eigenvalue weighted by Gasteiger charge is -2.64. The normalized spacial score (nSPS) is 54.3. The van der Waals surface area contributed by atoms with Gasteiger partial charge in [0.25, 0.3) is 0 Å². The fourth-order valence-corrected chi connectivity index (χ4v) is 9.86. The summed E-state index contributed by atoms with van der Waals surface area (Å²) in [6, 6.07) is 0. The predicted molar refractivity (Wildman–Crippen MR) is 140 cm³/mol. The van der Waals surface area contributed by atoms with Crippen LogP contribution < -0.4 is 0 Å². The van der Waals surface area contributed by atoms with E-state index in [1.54, 1.807) is 6.92 Å². The highest BCUT2D eigenvalue weighted by molar-refractivity contribution is 5.90. The minimum absolute atomic E-state index is 0.138. The van der Waals surface area contributed by atoms with Gasteiger partial charge in [0.1, 0.15) is 31.0 Å². The standard InChI is InChI=1S/C30H44O10/c1-14-22(32)25(37-4)24(34)27(39-14)40-17-7-9-28(2)16(12-17)5-6-19-21(28)23(33)26(35)29(3)18(8-10-30(19,29)36)15-11-20(31)38-13-15/h11,14,16-19,21-22,24-27,32,34-36H,5-10,12-13H2,1-4H3/t14-,16-,17+,18-,19-,21-,22-,24-,25+,26-,27+,28+,29+,30+/m1/s1. The second kappa shape index (κ2) is 9.82. The van der Waals surface area contributed by atoms with Gasteiger partial charge in [-0.05, 0) is 80.6 Å². The fourth-order valence-electron chi connectivity index (χ4n) is 9.86. The van der Waals surface area contributed by atoms with Crippen molar-refractivity contribution >= 4 is 11.8 Å². The topological polar surface area (TPSA) is 152 Å². The Morgan fingerprint density at radius 3 is 2.45 bits per heavy atom. The number of cyclic esters (lactones) is 1. The maximum Gasteiger partial charge on any atom is 0.331 e. The van der Waals surface area contributed by atoms with Crippen LogP contribution in [0.15, 0.2) is 11.6 Å². The average Bonchev–Trinajstić information content (AvgIpc) is 3.47. The molecule has 0 spiro atoms. The fraction of sp³-hybridized carbons (Fsp3) is 0.867. The van der Waals surface area contributed by atoms with Crippen molar-refractivity contribution in [2.75, 3.05) is 13.7 Å². The molecule has 0 aromatic rings. The van der Waals surface area contributed by atoms with Gasteiger partial charge in [0, 0.05) is 24.5 Å². The van der Waals surface area contributed by atoms with Gasteiger partial charge in [-0.2, -0.15) is 0 Å². The number of ketones is 1. The van der Waals surface area contributed by atoms with Gasteiger partial charge in [0.15, 0.2) is 12.1 Å². The van der Waals surface area contributed by atoms with E-state index in [9.17, 15) is 30.0 Å². The van der Waals surface area contributed by atoms with Gasteiger partial charge in [-0.3, -0.25) is 4.79 Å². The van der Waals surface area contributed by atoms with E-state index in [1.165, 1.54) is 13.2 Å². The molecule has 5 fully saturated rings. The molecule has 0 unspecified atom stereocenters. The van der Waals surface area contributed by atoms with Crippen molar-refractivity contribution in [1.29, 1.82) is 0 Å². The number of methoxy groups -OCH3 is 1. The number of rotatable bonds is 4. The molecule has 10 heteroatoms. The first-order valence-corrected chi connectivity index (χ1v) is 14.9. The predicted octanol–water partition coefficient (Wildman–Crippen LogP) is 1.26. The molecule has 0 aromatic heterocycles. The van der Waals surface area contributed by atoms with Gasteiger partial charge in [0.2, 0.25) is 0 Å². The van der Waals surface area contributed by atoms with E-state index in [0.717, 1.165) is 12.0 Å². The summed E-state index contributed by atoms with van der Waals surface area (Å²) in [5.41, 5.74) is -1.96. The van der Waals surface area contributed by atoms with E-state index >= 15 is 0 Å². The summed E-state index contributed by atoms with van der Waals surface area (Å²) >= 11 is 0. The first-order valence-electron chi connectivity index (χ1n) is 14.9. The van der Waals surface area contributed by atoms with Crippen LogP contribution in [-0.2, 0) is 28.5 Å². The molecule has 14 atom stereocenters. The lowest BCUT2D eigenvalue weighted by Crippen LogP contribution is -2.70. The molecule has 224 valence electrons. The number of hydrogen-bond donors (Lipinski definition) is 4. The van der Waals surface area contributed by atoms with Gasteiger partial charge in [-0.1, -0.05) is 13.8 Å². The third-order valence-electron chi connectivity index (χ3n) is 12.2. The molecule has 4 saturated carbocycles. The summed E-state index contributed by atoms with van der Waals surface area (Å²) in [4.78, 5) is 25.9. The number of carbonyl (C=O) groups is 2. The smallest absolute Gasteiger partial charge is 0.331 e. The molecular weight excluding hydrogens is 520 g/mol. The molecular formula is C30H44O10. The van der Waals surface area contributed by atoms with Gasteiger partial charge in [-0.15, -0.1) is 0 Å². The highest BCUT2D eigenvalue weighted by Crippen LogP contribution is 2.69. The van der Waals surface area contributed by atoms with Gasteiger partial charge in [0.05, 0.1) is 17.8 Å². The lowest BCUT2D eigenvalue weighted by molar-refractivity contribution is -0.313. The number of aliphatic hydroxyl groups is 4. The van der Waals surface area contributed by atoms with Crippen LogP contribution in [0.3, 0.4) is 0 Å². The molecule has 6 rings (SSSR count). The Morgan fingerprint density at radius 1 is 1.02 bits per heavy atom. The number of aliphatic hydroxyl groups excluding tert-OH is 3. The molecule has 2 aliphatic heterocycles. The Hall–Kier alpha value is -1.40. The number of esters is 1. The van der Waals surface area contributed by atoms with Crippen LogP contribution in [0.5, 0.6) is 0 Å². The van der Waals surface area contributed by atoms with E-state index in [4.69, 9.17) is 18.9 Å². The van der Waals surface area contributed by atoms with Crippen LogP contribution in [0, 0.1) is 34.5 Å². The average molecular weight is 565 g/mol. The van der Waals surface area contributed by atoms with Gasteiger partial charge < -0.3 is 39.4 Å². The second-order valence-electron chi connectivity index (χ2n) is 13.7. The van der Waals surface area contributed by atoms with Crippen molar-refractivity contribution in [2.45, 2.75) is 114 Å². The van der Waals surface area contributed by atoms with Crippen LogP contribution in [0.1, 0.15) is 65.7 Å². The molecule has 0 bridgehead atoms. The Balaban J connectivity index is 1.22. The van der Waals surface area contributed by atoms with Gasteiger partial charge in [-0.25, -0.2) is 4.79 Å². The third-order valence-corrected chi connectivity index (χ3v) is 12.2. The SMILES string of the molecule is CO[C@@H]1[C@@H](O)[C@H](O[C@H]2CC[C@@]3(C)[C@H](CC[C@@H]4[C@@H]3C(=O)[C@@H](O)[C@]3(C)[C@@H](C5=CC(=O)OC5)CC[C@]43O)C2)O[C@H](C)[C@H]1O. The van der Waals surface area contributed by atoms with Crippen molar-refractivity contribution in [3.63, 3.8) is 0 Å². The van der Waals surface area contributed by atoms with E-state index in [-0.39, 0.29) is 36.2 Å². The molecule has 4 N–H and O–H groups in total. The van der Waals surface area contributed by atoms with Crippen LogP contribution in [0.2, 0.25) is 0 Å². The minimum Gasteiger partial charge on any atom is -0.458 e. The zero-order valence-electron chi connectivity index (χ0n) is 23.8. The van der Waals surface area contributed by atoms with Crippen LogP contribution >= 0.6 is 0 Å². The van der Waals surface area contributed by atoms with Crippen molar-refractivity contribution < 1.29 is 49.0 Å². The highest BCUT2D eigenvalue weighted by Gasteiger charge is 2.73. The Labute approximate surface area is 235 Å². The summed E-state index contributed by atoms with van der Waals surface area (Å²) in [5, 5.41) is 45.1. The minimum atomic E-state index is -1.34. The molecule has 0 amide bonds. The third kappa shape index (κ3) is 3.86. The first kappa shape index (κ1) is 28.7. The summed E-state index contributed by atoms with van der Waals surface area (Å²) in [6.45, 7) is 5.82. The quantitative estimate of drug-likeness (QED) is 0.290. The summed E-state index contributed by atoms with van der Waals surface area (Å²) in [6.07, 6.45) is 0.0981. The van der Waals surface area contributed by atoms with Crippen molar-refractivity contribution in [1.82, 2.24) is 0 Å². The van der Waals surface area contributed by atoms with Crippen molar-refractivity contribution in [3.8, 4) is 0 Å². The van der Waals surface area contributed by atoms with E-state index < -0.39 is 65.1 Å². The van der Waals surface area contributed by atoms with E-state index in [2.05, 4.69) is 6.92 Å². The zero-order chi connectivity index (χ0) is 28.8. The maximum absolute atomic E-state index is 14.1. The number of fused-ring (bicyclic) bond motifs is 5. The molecule has 6 aliphatic rings. The summed E-state index contributed by atoms with van der Waals surface area (Å²) in [7, 11) is 1.44. The molecule has 10 nitrogen and oxygen atoms in total. The summed E-state index contributed by atoms with van der Waals surface area (Å²) < 4.78 is 22.5. The second-order valence-corrected chi connectivity index (χ2v) is 13.7. The number of Topliss-reactive ketones (excluding diaryl/α,β-unsaturated/α-hetero) is 1. The molecule has 2 heterocycles. The van der Waals surface area contributed by atoms with Crippen molar-refractivity contribution in [2.24, 2.45) is 34.5 Å². The van der Waals surface area contributed by atoms with E-state index in [1.807, 2.05) is 6.92 Å². The molecule has 4 aliphatic carbocycles. The Bertz CT molecular complexity index is 1080.